The minimum Gasteiger partial charge on any atom is -0.375 e. The van der Waals surface area contributed by atoms with Crippen molar-refractivity contribution in [2.45, 2.75) is 32.5 Å². The molecule has 0 N–H and O–H groups in total. The van der Waals surface area contributed by atoms with Crippen molar-refractivity contribution in [2.24, 2.45) is 11.8 Å². The first-order chi connectivity index (χ1) is 5.66. The first-order valence-corrected chi connectivity index (χ1v) is 5.01. The number of hydrogen-bond acceptors (Lipinski definition) is 2. The summed E-state index contributed by atoms with van der Waals surface area (Å²) in [5.41, 5.74) is 0. The molecule has 3 fully saturated rings. The molecule has 0 aromatic rings. The summed E-state index contributed by atoms with van der Waals surface area (Å²) in [6, 6.07) is 0. The second kappa shape index (κ2) is 3.00. The van der Waals surface area contributed by atoms with Crippen LogP contribution in [0.4, 0.5) is 0 Å². The summed E-state index contributed by atoms with van der Waals surface area (Å²) in [4.78, 5) is 2.43. The van der Waals surface area contributed by atoms with Gasteiger partial charge in [-0.1, -0.05) is 0 Å². The van der Waals surface area contributed by atoms with Gasteiger partial charge in [-0.15, -0.1) is 0 Å². The summed E-state index contributed by atoms with van der Waals surface area (Å²) < 4.78 is 5.87. The summed E-state index contributed by atoms with van der Waals surface area (Å²) in [6.07, 6.45) is 2.40. The van der Waals surface area contributed by atoms with Gasteiger partial charge in [-0.3, -0.25) is 0 Å². The average Bonchev–Trinajstić information content (AvgIpc) is 2.00. The van der Waals surface area contributed by atoms with Crippen LogP contribution in [0.15, 0.2) is 0 Å². The molecule has 0 spiro atoms. The molecule has 2 bridgehead atoms. The third-order valence-corrected chi connectivity index (χ3v) is 3.06. The molecule has 2 nitrogen and oxygen atoms in total. The highest BCUT2D eigenvalue weighted by molar-refractivity contribution is 4.97. The first-order valence-electron chi connectivity index (χ1n) is 5.01. The monoisotopic (exact) mass is 169 g/mol. The van der Waals surface area contributed by atoms with Crippen LogP contribution in [0.1, 0.15) is 20.3 Å². The van der Waals surface area contributed by atoms with E-state index >= 15 is 0 Å². The Labute approximate surface area is 74.9 Å². The Kier molecular flexibility index (Phi) is 2.13. The van der Waals surface area contributed by atoms with Crippen LogP contribution in [-0.4, -0.2) is 37.2 Å². The zero-order valence-electron chi connectivity index (χ0n) is 8.29. The van der Waals surface area contributed by atoms with Gasteiger partial charge < -0.3 is 9.64 Å². The molecule has 0 radical (unpaired) electrons. The zero-order chi connectivity index (χ0) is 8.72. The molecule has 3 aliphatic rings. The van der Waals surface area contributed by atoms with Crippen LogP contribution in [0.25, 0.3) is 0 Å². The third-order valence-electron chi connectivity index (χ3n) is 3.06. The lowest BCUT2D eigenvalue weighted by Gasteiger charge is -2.52. The molecule has 12 heavy (non-hydrogen) atoms. The van der Waals surface area contributed by atoms with Crippen LogP contribution in [0.2, 0.25) is 0 Å². The fourth-order valence-corrected chi connectivity index (χ4v) is 2.61. The summed E-state index contributed by atoms with van der Waals surface area (Å²) in [7, 11) is 2.21. The third kappa shape index (κ3) is 1.38. The maximum atomic E-state index is 5.87. The molecule has 70 valence electrons. The number of fused-ring (bicyclic) bond motifs is 2. The van der Waals surface area contributed by atoms with Gasteiger partial charge in [0.15, 0.2) is 0 Å². The van der Waals surface area contributed by atoms with E-state index in [-0.39, 0.29) is 0 Å². The minimum absolute atomic E-state index is 0.406. The fourth-order valence-electron chi connectivity index (χ4n) is 2.61. The Morgan fingerprint density at radius 3 is 2.33 bits per heavy atom. The molecule has 2 saturated heterocycles. The molecule has 0 amide bonds. The van der Waals surface area contributed by atoms with Gasteiger partial charge in [0.25, 0.3) is 0 Å². The van der Waals surface area contributed by atoms with Crippen molar-refractivity contribution >= 4 is 0 Å². The summed E-state index contributed by atoms with van der Waals surface area (Å²) in [6.45, 7) is 6.76. The van der Waals surface area contributed by atoms with Crippen molar-refractivity contribution in [3.8, 4) is 0 Å². The highest BCUT2D eigenvalue weighted by Gasteiger charge is 2.46. The van der Waals surface area contributed by atoms with E-state index in [2.05, 4.69) is 25.8 Å². The van der Waals surface area contributed by atoms with E-state index in [1.165, 1.54) is 19.5 Å². The normalized spacial score (nSPS) is 41.5. The van der Waals surface area contributed by atoms with E-state index in [1.54, 1.807) is 0 Å². The van der Waals surface area contributed by atoms with Crippen molar-refractivity contribution in [1.29, 1.82) is 0 Å². The topological polar surface area (TPSA) is 12.5 Å². The minimum atomic E-state index is 0.406. The van der Waals surface area contributed by atoms with Gasteiger partial charge in [0.2, 0.25) is 0 Å². The quantitative estimate of drug-likeness (QED) is 0.619. The summed E-state index contributed by atoms with van der Waals surface area (Å²) in [5.74, 6) is 1.66. The van der Waals surface area contributed by atoms with Crippen LogP contribution in [-0.2, 0) is 4.74 Å². The average molecular weight is 169 g/mol. The molecule has 2 atom stereocenters. The lowest BCUT2D eigenvalue weighted by Crippen LogP contribution is -2.58. The van der Waals surface area contributed by atoms with Crippen LogP contribution < -0.4 is 0 Å². The SMILES string of the molecule is CC(C)OC1C2CC1CN(C)C2. The van der Waals surface area contributed by atoms with E-state index < -0.39 is 0 Å². The molecule has 0 aromatic heterocycles. The highest BCUT2D eigenvalue weighted by atomic mass is 16.5. The Bertz CT molecular complexity index is 157. The molecular formula is C10H19NO. The van der Waals surface area contributed by atoms with Crippen molar-refractivity contribution in [1.82, 2.24) is 4.90 Å². The van der Waals surface area contributed by atoms with Crippen LogP contribution >= 0.6 is 0 Å². The Hall–Kier alpha value is -0.0800. The van der Waals surface area contributed by atoms with Crippen LogP contribution in [0.3, 0.4) is 0 Å². The Morgan fingerprint density at radius 2 is 1.83 bits per heavy atom. The van der Waals surface area contributed by atoms with Gasteiger partial charge in [0, 0.05) is 13.1 Å². The lowest BCUT2D eigenvalue weighted by molar-refractivity contribution is -0.156. The molecular weight excluding hydrogens is 150 g/mol. The molecule has 1 saturated carbocycles. The smallest absolute Gasteiger partial charge is 0.0659 e. The maximum absolute atomic E-state index is 5.87. The van der Waals surface area contributed by atoms with E-state index in [4.69, 9.17) is 4.74 Å². The molecule has 0 aromatic carbocycles. The van der Waals surface area contributed by atoms with Crippen molar-refractivity contribution in [3.05, 3.63) is 0 Å². The molecule has 2 aliphatic heterocycles. The van der Waals surface area contributed by atoms with Crippen LogP contribution in [0, 0.1) is 11.8 Å². The van der Waals surface area contributed by atoms with Gasteiger partial charge in [0.1, 0.15) is 0 Å². The van der Waals surface area contributed by atoms with Crippen molar-refractivity contribution in [2.75, 3.05) is 20.1 Å². The first kappa shape index (κ1) is 8.52. The highest BCUT2D eigenvalue weighted by Crippen LogP contribution is 2.41. The number of hydrogen-bond donors (Lipinski definition) is 0. The Balaban J connectivity index is 1.87. The molecule has 2 heterocycles. The number of ether oxygens (including phenoxy) is 1. The largest absolute Gasteiger partial charge is 0.375 e. The van der Waals surface area contributed by atoms with Gasteiger partial charge in [-0.2, -0.15) is 0 Å². The van der Waals surface area contributed by atoms with E-state index in [1.807, 2.05) is 0 Å². The van der Waals surface area contributed by atoms with Gasteiger partial charge in [-0.05, 0) is 39.2 Å². The Morgan fingerprint density at radius 1 is 1.25 bits per heavy atom. The standard InChI is InChI=1S/C10H19NO/c1-7(2)12-10-8-4-9(10)6-11(3)5-8/h7-10H,4-6H2,1-3H3. The van der Waals surface area contributed by atoms with Gasteiger partial charge in [-0.25, -0.2) is 0 Å². The predicted octanol–water partition coefficient (Wildman–Crippen LogP) is 1.36. The zero-order valence-corrected chi connectivity index (χ0v) is 8.29. The van der Waals surface area contributed by atoms with E-state index in [9.17, 15) is 0 Å². The fraction of sp³-hybridized carbons (Fsp3) is 1.00. The van der Waals surface area contributed by atoms with Crippen molar-refractivity contribution in [3.63, 3.8) is 0 Å². The summed E-state index contributed by atoms with van der Waals surface area (Å²) >= 11 is 0. The lowest BCUT2D eigenvalue weighted by atomic mass is 9.68. The number of nitrogens with zero attached hydrogens (tertiary/aromatic N) is 1. The predicted molar refractivity (Wildman–Crippen MR) is 49.1 cm³/mol. The van der Waals surface area contributed by atoms with E-state index in [0.29, 0.717) is 12.2 Å². The second-order valence-corrected chi connectivity index (χ2v) is 4.63. The summed E-state index contributed by atoms with van der Waals surface area (Å²) in [5, 5.41) is 0. The van der Waals surface area contributed by atoms with Crippen molar-refractivity contribution < 1.29 is 4.74 Å². The van der Waals surface area contributed by atoms with Gasteiger partial charge >= 0.3 is 0 Å². The molecule has 3 rings (SSSR count). The number of rotatable bonds is 2. The van der Waals surface area contributed by atoms with Crippen LogP contribution in [0.5, 0.6) is 0 Å². The molecule has 1 aliphatic carbocycles. The second-order valence-electron chi connectivity index (χ2n) is 4.63. The maximum Gasteiger partial charge on any atom is 0.0659 e. The van der Waals surface area contributed by atoms with Gasteiger partial charge in [0.05, 0.1) is 12.2 Å². The van der Waals surface area contributed by atoms with E-state index in [0.717, 1.165) is 11.8 Å². The molecule has 2 heteroatoms. The molecule has 2 unspecified atom stereocenters. The number of piperidine rings is 2.